The van der Waals surface area contributed by atoms with E-state index in [1.165, 1.54) is 0 Å². The molecule has 5 nitrogen and oxygen atoms in total. The highest BCUT2D eigenvalue weighted by molar-refractivity contribution is 7.11. The number of hydrogen-bond donors (Lipinski definition) is 1. The van der Waals surface area contributed by atoms with E-state index < -0.39 is 0 Å². The van der Waals surface area contributed by atoms with E-state index in [0.29, 0.717) is 6.42 Å². The molecule has 1 saturated heterocycles. The summed E-state index contributed by atoms with van der Waals surface area (Å²) in [6.45, 7) is 4.11. The molecule has 2 heterocycles. The van der Waals surface area contributed by atoms with Gasteiger partial charge in [-0.25, -0.2) is 5.43 Å². The highest BCUT2D eigenvalue weighted by Gasteiger charge is 2.11. The van der Waals surface area contributed by atoms with Gasteiger partial charge in [0.2, 0.25) is 5.91 Å². The molecule has 1 fully saturated rings. The van der Waals surface area contributed by atoms with E-state index in [4.69, 9.17) is 4.74 Å². The van der Waals surface area contributed by atoms with E-state index in [0.717, 1.165) is 37.7 Å². The van der Waals surface area contributed by atoms with Gasteiger partial charge in [-0.15, -0.1) is 11.3 Å². The summed E-state index contributed by atoms with van der Waals surface area (Å²) in [4.78, 5) is 14.8. The van der Waals surface area contributed by atoms with Crippen LogP contribution in [-0.2, 0) is 9.53 Å². The first-order valence-corrected chi connectivity index (χ1v) is 6.88. The molecule has 0 unspecified atom stereocenters. The van der Waals surface area contributed by atoms with Gasteiger partial charge in [-0.2, -0.15) is 5.10 Å². The van der Waals surface area contributed by atoms with Crippen LogP contribution in [0.25, 0.3) is 0 Å². The summed E-state index contributed by atoms with van der Waals surface area (Å²) in [5, 5.41) is 5.89. The molecule has 0 spiro atoms. The molecule has 1 aliphatic rings. The molecule has 1 aromatic rings. The van der Waals surface area contributed by atoms with E-state index in [1.54, 1.807) is 17.6 Å². The Morgan fingerprint density at radius 1 is 1.56 bits per heavy atom. The van der Waals surface area contributed by atoms with Gasteiger partial charge in [0.1, 0.15) is 0 Å². The molecule has 2 rings (SSSR count). The number of amides is 1. The highest BCUT2D eigenvalue weighted by Crippen LogP contribution is 2.04. The van der Waals surface area contributed by atoms with Crippen LogP contribution in [0, 0.1) is 0 Å². The maximum Gasteiger partial charge on any atom is 0.241 e. The van der Waals surface area contributed by atoms with Crippen molar-refractivity contribution < 1.29 is 9.53 Å². The van der Waals surface area contributed by atoms with Crippen molar-refractivity contribution in [3.8, 4) is 0 Å². The average molecular weight is 267 g/mol. The molecule has 1 aromatic heterocycles. The minimum Gasteiger partial charge on any atom is -0.379 e. The van der Waals surface area contributed by atoms with Crippen LogP contribution in [0.1, 0.15) is 11.3 Å². The van der Waals surface area contributed by atoms with Crippen LogP contribution in [0.15, 0.2) is 22.6 Å². The van der Waals surface area contributed by atoms with Crippen LogP contribution in [0.5, 0.6) is 0 Å². The Hall–Kier alpha value is -1.24. The third-order valence-electron chi connectivity index (χ3n) is 2.68. The Bertz CT molecular complexity index is 386. The Balaban J connectivity index is 1.62. The van der Waals surface area contributed by atoms with Crippen molar-refractivity contribution in [3.05, 3.63) is 22.4 Å². The predicted molar refractivity (Wildman–Crippen MR) is 71.9 cm³/mol. The second kappa shape index (κ2) is 7.25. The molecule has 0 aliphatic carbocycles. The van der Waals surface area contributed by atoms with Crippen molar-refractivity contribution in [2.75, 3.05) is 32.8 Å². The van der Waals surface area contributed by atoms with Gasteiger partial charge in [-0.05, 0) is 11.4 Å². The maximum absolute atomic E-state index is 11.5. The topological polar surface area (TPSA) is 53.9 Å². The highest BCUT2D eigenvalue weighted by atomic mass is 32.1. The van der Waals surface area contributed by atoms with Gasteiger partial charge in [0.25, 0.3) is 0 Å². The number of carbonyl (C=O) groups is 1. The number of ether oxygens (including phenoxy) is 1. The Morgan fingerprint density at radius 2 is 2.39 bits per heavy atom. The van der Waals surface area contributed by atoms with E-state index in [9.17, 15) is 4.79 Å². The van der Waals surface area contributed by atoms with E-state index in [1.807, 2.05) is 17.5 Å². The minimum atomic E-state index is -0.0469. The van der Waals surface area contributed by atoms with E-state index in [2.05, 4.69) is 15.4 Å². The summed E-state index contributed by atoms with van der Waals surface area (Å²) in [6, 6.07) is 3.90. The lowest BCUT2D eigenvalue weighted by Gasteiger charge is -2.25. The quantitative estimate of drug-likeness (QED) is 0.637. The van der Waals surface area contributed by atoms with Gasteiger partial charge < -0.3 is 4.74 Å². The largest absolute Gasteiger partial charge is 0.379 e. The fourth-order valence-corrected chi connectivity index (χ4v) is 2.26. The summed E-state index contributed by atoms with van der Waals surface area (Å²) < 4.78 is 5.25. The standard InChI is InChI=1S/C12H17N3O2S/c16-12(3-4-15-5-7-17-8-6-15)14-13-10-11-2-1-9-18-11/h1-2,9-10H,3-8H2,(H,14,16). The van der Waals surface area contributed by atoms with Crippen LogP contribution >= 0.6 is 11.3 Å². The molecule has 1 N–H and O–H groups in total. The lowest BCUT2D eigenvalue weighted by Crippen LogP contribution is -2.38. The monoisotopic (exact) mass is 267 g/mol. The zero-order chi connectivity index (χ0) is 12.6. The number of thiophene rings is 1. The fraction of sp³-hybridized carbons (Fsp3) is 0.500. The van der Waals surface area contributed by atoms with Crippen molar-refractivity contribution in [2.24, 2.45) is 5.10 Å². The third kappa shape index (κ3) is 4.56. The minimum absolute atomic E-state index is 0.0469. The SMILES string of the molecule is O=C(CCN1CCOCC1)NN=Cc1cccs1. The van der Waals surface area contributed by atoms with Crippen LogP contribution in [0.4, 0.5) is 0 Å². The number of rotatable bonds is 5. The van der Waals surface area contributed by atoms with Gasteiger partial charge in [0.05, 0.1) is 19.4 Å². The second-order valence-electron chi connectivity index (χ2n) is 4.01. The van der Waals surface area contributed by atoms with Crippen molar-refractivity contribution in [1.29, 1.82) is 0 Å². The first kappa shape index (κ1) is 13.2. The van der Waals surface area contributed by atoms with Crippen LogP contribution in [-0.4, -0.2) is 49.9 Å². The molecule has 6 heteroatoms. The Kier molecular flexibility index (Phi) is 5.32. The molecule has 0 radical (unpaired) electrons. The molecular formula is C12H17N3O2S. The van der Waals surface area contributed by atoms with Gasteiger partial charge in [-0.1, -0.05) is 6.07 Å². The number of nitrogens with one attached hydrogen (secondary N) is 1. The fourth-order valence-electron chi connectivity index (χ4n) is 1.67. The molecule has 1 aliphatic heterocycles. The normalized spacial score (nSPS) is 17.1. The summed E-state index contributed by atoms with van der Waals surface area (Å²) in [7, 11) is 0. The van der Waals surface area contributed by atoms with E-state index in [-0.39, 0.29) is 5.91 Å². The zero-order valence-corrected chi connectivity index (χ0v) is 11.0. The molecule has 18 heavy (non-hydrogen) atoms. The Morgan fingerprint density at radius 3 is 3.11 bits per heavy atom. The summed E-state index contributed by atoms with van der Waals surface area (Å²) in [6.07, 6.45) is 2.14. The molecule has 1 amide bonds. The summed E-state index contributed by atoms with van der Waals surface area (Å²) >= 11 is 1.59. The number of hydrogen-bond acceptors (Lipinski definition) is 5. The second-order valence-corrected chi connectivity index (χ2v) is 4.99. The smallest absolute Gasteiger partial charge is 0.241 e. The first-order valence-electron chi connectivity index (χ1n) is 6.00. The molecule has 0 atom stereocenters. The third-order valence-corrected chi connectivity index (χ3v) is 3.49. The van der Waals surface area contributed by atoms with E-state index >= 15 is 0 Å². The van der Waals surface area contributed by atoms with Crippen molar-refractivity contribution >= 4 is 23.5 Å². The van der Waals surface area contributed by atoms with Crippen LogP contribution in [0.3, 0.4) is 0 Å². The number of carbonyl (C=O) groups excluding carboxylic acids is 1. The lowest BCUT2D eigenvalue weighted by molar-refractivity contribution is -0.121. The van der Waals surface area contributed by atoms with Crippen molar-refractivity contribution in [3.63, 3.8) is 0 Å². The maximum atomic E-state index is 11.5. The number of morpholine rings is 1. The summed E-state index contributed by atoms with van der Waals surface area (Å²) in [5.41, 5.74) is 2.54. The molecule has 98 valence electrons. The van der Waals surface area contributed by atoms with Crippen molar-refractivity contribution in [2.45, 2.75) is 6.42 Å². The van der Waals surface area contributed by atoms with Gasteiger partial charge >= 0.3 is 0 Å². The zero-order valence-electron chi connectivity index (χ0n) is 10.2. The number of hydrazone groups is 1. The Labute approximate surface area is 110 Å². The molecule has 0 bridgehead atoms. The van der Waals surface area contributed by atoms with Crippen molar-refractivity contribution in [1.82, 2.24) is 10.3 Å². The molecule has 0 aromatic carbocycles. The molecular weight excluding hydrogens is 250 g/mol. The average Bonchev–Trinajstić information content (AvgIpc) is 2.91. The van der Waals surface area contributed by atoms with Gasteiger partial charge in [-0.3, -0.25) is 9.69 Å². The van der Waals surface area contributed by atoms with Crippen LogP contribution in [0.2, 0.25) is 0 Å². The number of nitrogens with zero attached hydrogens (tertiary/aromatic N) is 2. The molecule has 0 saturated carbocycles. The van der Waals surface area contributed by atoms with Crippen LogP contribution < -0.4 is 5.43 Å². The first-order chi connectivity index (χ1) is 8.84. The predicted octanol–water partition coefficient (Wildman–Crippen LogP) is 0.921. The summed E-state index contributed by atoms with van der Waals surface area (Å²) in [5.74, 6) is -0.0469. The lowest BCUT2D eigenvalue weighted by atomic mass is 10.3. The van der Waals surface area contributed by atoms with Gasteiger partial charge in [0, 0.05) is 30.9 Å². The van der Waals surface area contributed by atoms with Gasteiger partial charge in [0.15, 0.2) is 0 Å².